The molecule has 0 N–H and O–H groups in total. The molecule has 4 rings (SSSR count). The van der Waals surface area contributed by atoms with Crippen molar-refractivity contribution in [3.63, 3.8) is 0 Å². The van der Waals surface area contributed by atoms with Gasteiger partial charge < -0.3 is 4.74 Å². The highest BCUT2D eigenvalue weighted by Crippen LogP contribution is 2.38. The Labute approximate surface area is 168 Å². The fraction of sp³-hybridized carbons (Fsp3) is 0. The summed E-state index contributed by atoms with van der Waals surface area (Å²) in [4.78, 5) is 4.77. The summed E-state index contributed by atoms with van der Waals surface area (Å²) in [7, 11) is 0. The standard InChI is InChI=1S/C24H18OS2/c1-3-10-19(11-4-1)25-23-16-7-8-17-24(23)27-22-15-9-14-21(18-22)26-20-12-5-2-6-13-20/h1-18H. The minimum Gasteiger partial charge on any atom is -0.456 e. The van der Waals surface area contributed by atoms with Crippen LogP contribution >= 0.6 is 23.5 Å². The van der Waals surface area contributed by atoms with Gasteiger partial charge in [-0.25, -0.2) is 0 Å². The van der Waals surface area contributed by atoms with Crippen LogP contribution in [0, 0.1) is 0 Å². The first-order chi connectivity index (χ1) is 13.4. The molecular weight excluding hydrogens is 368 g/mol. The molecule has 0 heterocycles. The van der Waals surface area contributed by atoms with Gasteiger partial charge in [0, 0.05) is 14.7 Å². The van der Waals surface area contributed by atoms with Crippen LogP contribution in [0.3, 0.4) is 0 Å². The molecule has 132 valence electrons. The summed E-state index contributed by atoms with van der Waals surface area (Å²) in [6.07, 6.45) is 0. The number of para-hydroxylation sites is 2. The molecule has 0 spiro atoms. The summed E-state index contributed by atoms with van der Waals surface area (Å²) in [5.74, 6) is 1.72. The van der Waals surface area contributed by atoms with Gasteiger partial charge in [-0.05, 0) is 54.6 Å². The van der Waals surface area contributed by atoms with Crippen LogP contribution in [-0.2, 0) is 0 Å². The van der Waals surface area contributed by atoms with E-state index in [-0.39, 0.29) is 0 Å². The van der Waals surface area contributed by atoms with Crippen molar-refractivity contribution in [3.8, 4) is 11.5 Å². The van der Waals surface area contributed by atoms with E-state index in [0.29, 0.717) is 0 Å². The summed E-state index contributed by atoms with van der Waals surface area (Å²) in [5, 5.41) is 0. The van der Waals surface area contributed by atoms with E-state index in [1.165, 1.54) is 14.7 Å². The van der Waals surface area contributed by atoms with Gasteiger partial charge in [0.05, 0.1) is 4.90 Å². The van der Waals surface area contributed by atoms with E-state index in [2.05, 4.69) is 54.6 Å². The normalized spacial score (nSPS) is 10.5. The van der Waals surface area contributed by atoms with Gasteiger partial charge in [0.15, 0.2) is 0 Å². The van der Waals surface area contributed by atoms with Crippen molar-refractivity contribution in [2.24, 2.45) is 0 Å². The smallest absolute Gasteiger partial charge is 0.141 e. The molecule has 0 saturated carbocycles. The molecule has 0 aliphatic rings. The topological polar surface area (TPSA) is 9.23 Å². The third kappa shape index (κ3) is 4.97. The lowest BCUT2D eigenvalue weighted by Gasteiger charge is -2.11. The number of ether oxygens (including phenoxy) is 1. The molecule has 0 atom stereocenters. The Morgan fingerprint density at radius 2 is 1.07 bits per heavy atom. The van der Waals surface area contributed by atoms with Crippen LogP contribution in [0.1, 0.15) is 0 Å². The minimum absolute atomic E-state index is 0.846. The van der Waals surface area contributed by atoms with Crippen molar-refractivity contribution in [2.45, 2.75) is 19.6 Å². The van der Waals surface area contributed by atoms with Crippen molar-refractivity contribution in [1.82, 2.24) is 0 Å². The molecule has 0 aliphatic carbocycles. The van der Waals surface area contributed by atoms with Crippen LogP contribution < -0.4 is 4.74 Å². The minimum atomic E-state index is 0.846. The van der Waals surface area contributed by atoms with Gasteiger partial charge in [-0.2, -0.15) is 0 Å². The largest absolute Gasteiger partial charge is 0.456 e. The SMILES string of the molecule is c1ccc(Oc2ccccc2Sc2cccc(Sc3ccccc3)c2)cc1. The lowest BCUT2D eigenvalue weighted by Crippen LogP contribution is -1.86. The highest BCUT2D eigenvalue weighted by atomic mass is 32.2. The number of benzene rings is 4. The fourth-order valence-corrected chi connectivity index (χ4v) is 4.50. The van der Waals surface area contributed by atoms with Crippen molar-refractivity contribution >= 4 is 23.5 Å². The second-order valence-electron chi connectivity index (χ2n) is 5.85. The van der Waals surface area contributed by atoms with Crippen LogP contribution in [-0.4, -0.2) is 0 Å². The molecule has 1 nitrogen and oxygen atoms in total. The molecule has 3 heteroatoms. The first kappa shape index (κ1) is 17.8. The monoisotopic (exact) mass is 386 g/mol. The Balaban J connectivity index is 1.53. The van der Waals surface area contributed by atoms with Crippen LogP contribution in [0.2, 0.25) is 0 Å². The predicted octanol–water partition coefficient (Wildman–Crippen LogP) is 7.78. The summed E-state index contributed by atoms with van der Waals surface area (Å²) < 4.78 is 6.08. The summed E-state index contributed by atoms with van der Waals surface area (Å²) in [5.41, 5.74) is 0. The molecule has 27 heavy (non-hydrogen) atoms. The molecule has 4 aromatic rings. The van der Waals surface area contributed by atoms with Gasteiger partial charge >= 0.3 is 0 Å². The summed E-state index contributed by atoms with van der Waals surface area (Å²) in [6, 6.07) is 37.1. The van der Waals surface area contributed by atoms with Crippen LogP contribution in [0.4, 0.5) is 0 Å². The average molecular weight is 387 g/mol. The van der Waals surface area contributed by atoms with Crippen LogP contribution in [0.25, 0.3) is 0 Å². The molecule has 0 fully saturated rings. The van der Waals surface area contributed by atoms with E-state index >= 15 is 0 Å². The van der Waals surface area contributed by atoms with Gasteiger partial charge in [0.25, 0.3) is 0 Å². The maximum atomic E-state index is 6.08. The lowest BCUT2D eigenvalue weighted by atomic mass is 10.3. The van der Waals surface area contributed by atoms with Gasteiger partial charge in [0.1, 0.15) is 11.5 Å². The van der Waals surface area contributed by atoms with Gasteiger partial charge in [-0.15, -0.1) is 0 Å². The summed E-state index contributed by atoms with van der Waals surface area (Å²) in [6.45, 7) is 0. The Bertz CT molecular complexity index is 1000. The highest BCUT2D eigenvalue weighted by molar-refractivity contribution is 8.00. The fourth-order valence-electron chi connectivity index (χ4n) is 2.59. The van der Waals surface area contributed by atoms with Crippen LogP contribution in [0.5, 0.6) is 11.5 Å². The third-order valence-electron chi connectivity index (χ3n) is 3.83. The third-order valence-corrected chi connectivity index (χ3v) is 5.88. The maximum absolute atomic E-state index is 6.08. The molecule has 0 aliphatic heterocycles. The Kier molecular flexibility index (Phi) is 5.83. The molecule has 0 amide bonds. The quantitative estimate of drug-likeness (QED) is 0.335. The zero-order valence-electron chi connectivity index (χ0n) is 14.6. The van der Waals surface area contributed by atoms with E-state index in [4.69, 9.17) is 4.74 Å². The Morgan fingerprint density at radius 1 is 0.481 bits per heavy atom. The Hall–Kier alpha value is -2.62. The molecule has 0 saturated heterocycles. The lowest BCUT2D eigenvalue weighted by molar-refractivity contribution is 0.471. The number of rotatable bonds is 6. The van der Waals surface area contributed by atoms with Gasteiger partial charge in [0.2, 0.25) is 0 Å². The van der Waals surface area contributed by atoms with E-state index in [1.807, 2.05) is 54.6 Å². The average Bonchev–Trinajstić information content (AvgIpc) is 2.71. The van der Waals surface area contributed by atoms with Crippen molar-refractivity contribution < 1.29 is 4.74 Å². The first-order valence-corrected chi connectivity index (χ1v) is 10.3. The molecule has 0 aromatic heterocycles. The van der Waals surface area contributed by atoms with E-state index in [9.17, 15) is 0 Å². The molecule has 4 aromatic carbocycles. The van der Waals surface area contributed by atoms with E-state index in [0.717, 1.165) is 16.4 Å². The first-order valence-electron chi connectivity index (χ1n) is 8.69. The highest BCUT2D eigenvalue weighted by Gasteiger charge is 2.07. The molecule has 0 bridgehead atoms. The van der Waals surface area contributed by atoms with Gasteiger partial charge in [-0.3, -0.25) is 0 Å². The second-order valence-corrected chi connectivity index (χ2v) is 8.12. The zero-order valence-corrected chi connectivity index (χ0v) is 16.3. The van der Waals surface area contributed by atoms with E-state index < -0.39 is 0 Å². The van der Waals surface area contributed by atoms with Crippen molar-refractivity contribution in [3.05, 3.63) is 109 Å². The zero-order chi connectivity index (χ0) is 18.3. The predicted molar refractivity (Wildman–Crippen MR) is 114 cm³/mol. The van der Waals surface area contributed by atoms with Crippen molar-refractivity contribution in [1.29, 1.82) is 0 Å². The number of hydrogen-bond donors (Lipinski definition) is 0. The molecular formula is C24H18OS2. The number of hydrogen-bond acceptors (Lipinski definition) is 3. The van der Waals surface area contributed by atoms with E-state index in [1.54, 1.807) is 23.5 Å². The van der Waals surface area contributed by atoms with Crippen LogP contribution in [0.15, 0.2) is 129 Å². The maximum Gasteiger partial charge on any atom is 0.141 e. The molecule has 0 unspecified atom stereocenters. The van der Waals surface area contributed by atoms with Crippen molar-refractivity contribution in [2.75, 3.05) is 0 Å². The Morgan fingerprint density at radius 3 is 1.85 bits per heavy atom. The second kappa shape index (κ2) is 8.85. The summed E-state index contributed by atoms with van der Waals surface area (Å²) >= 11 is 3.49. The van der Waals surface area contributed by atoms with Gasteiger partial charge in [-0.1, -0.05) is 78.1 Å². The molecule has 0 radical (unpaired) electrons.